The standard InChI is InChI=1S/C52H34/c1-3-14-36(15-4-1)44-31-30-40(34-50(44)38-16-5-2-6-17-38)39-28-26-35-27-29-41(33-42(35)32-39)51-46-21-9-11-23-48(46)52(49-24-12-10-22-47(49)51)45-25-13-19-37-18-7-8-20-43(37)45/h1-34H. The average Bonchev–Trinajstić information content (AvgIpc) is 3.22. The first-order valence-electron chi connectivity index (χ1n) is 18.0. The first-order chi connectivity index (χ1) is 25.8. The van der Waals surface area contributed by atoms with E-state index in [1.165, 1.54) is 98.7 Å². The molecule has 0 aliphatic rings. The van der Waals surface area contributed by atoms with Crippen molar-refractivity contribution in [2.75, 3.05) is 0 Å². The first kappa shape index (κ1) is 30.1. The third-order valence-electron chi connectivity index (χ3n) is 10.6. The molecule has 0 aromatic heterocycles. The molecule has 10 aromatic carbocycles. The van der Waals surface area contributed by atoms with Crippen LogP contribution in [0.3, 0.4) is 0 Å². The second-order valence-corrected chi connectivity index (χ2v) is 13.6. The van der Waals surface area contributed by atoms with Crippen molar-refractivity contribution in [2.45, 2.75) is 0 Å². The molecule has 0 unspecified atom stereocenters. The van der Waals surface area contributed by atoms with E-state index in [2.05, 4.69) is 206 Å². The Kier molecular flexibility index (Phi) is 7.25. The van der Waals surface area contributed by atoms with Crippen molar-refractivity contribution in [1.82, 2.24) is 0 Å². The molecule has 52 heavy (non-hydrogen) atoms. The minimum atomic E-state index is 1.21. The molecule has 10 rings (SSSR count). The van der Waals surface area contributed by atoms with Gasteiger partial charge in [-0.3, -0.25) is 0 Å². The Morgan fingerprint density at radius 1 is 0.192 bits per heavy atom. The Balaban J connectivity index is 1.16. The van der Waals surface area contributed by atoms with Gasteiger partial charge in [-0.2, -0.15) is 0 Å². The second-order valence-electron chi connectivity index (χ2n) is 13.6. The Bertz CT molecular complexity index is 2870. The topological polar surface area (TPSA) is 0 Å². The van der Waals surface area contributed by atoms with E-state index in [4.69, 9.17) is 0 Å². The third kappa shape index (κ3) is 5.08. The van der Waals surface area contributed by atoms with Crippen LogP contribution in [0, 0.1) is 0 Å². The molecule has 0 fully saturated rings. The minimum Gasteiger partial charge on any atom is -0.0622 e. The van der Waals surface area contributed by atoms with E-state index in [-0.39, 0.29) is 0 Å². The molecule has 0 atom stereocenters. The summed E-state index contributed by atoms with van der Waals surface area (Å²) in [4.78, 5) is 0. The molecule has 0 N–H and O–H groups in total. The molecule has 0 bridgehead atoms. The fraction of sp³-hybridized carbons (Fsp3) is 0. The van der Waals surface area contributed by atoms with E-state index >= 15 is 0 Å². The van der Waals surface area contributed by atoms with Crippen molar-refractivity contribution >= 4 is 43.1 Å². The van der Waals surface area contributed by atoms with Crippen LogP contribution in [0.15, 0.2) is 206 Å². The highest BCUT2D eigenvalue weighted by Gasteiger charge is 2.18. The molecule has 0 amide bonds. The van der Waals surface area contributed by atoms with Gasteiger partial charge in [-0.25, -0.2) is 0 Å². The summed E-state index contributed by atoms with van der Waals surface area (Å²) in [6, 6.07) is 75.5. The van der Waals surface area contributed by atoms with Crippen LogP contribution >= 0.6 is 0 Å². The molecule has 0 spiro atoms. The summed E-state index contributed by atoms with van der Waals surface area (Å²) in [6.07, 6.45) is 0. The van der Waals surface area contributed by atoms with Crippen LogP contribution in [0.2, 0.25) is 0 Å². The lowest BCUT2D eigenvalue weighted by molar-refractivity contribution is 1.57. The van der Waals surface area contributed by atoms with Gasteiger partial charge in [-0.05, 0) is 117 Å². The maximum absolute atomic E-state index is 2.39. The molecular formula is C52H34. The zero-order valence-electron chi connectivity index (χ0n) is 28.6. The number of benzene rings is 10. The lowest BCUT2D eigenvalue weighted by atomic mass is 9.84. The summed E-state index contributed by atoms with van der Waals surface area (Å²) in [5, 5.41) is 10.1. The van der Waals surface area contributed by atoms with Crippen LogP contribution < -0.4 is 0 Å². The zero-order chi connectivity index (χ0) is 34.4. The SMILES string of the molecule is c1ccc(-c2ccc(-c3ccc4ccc(-c5c6ccccc6c(-c6cccc7ccccc67)c6ccccc56)cc4c3)cc2-c2ccccc2)cc1. The molecule has 0 radical (unpaired) electrons. The minimum absolute atomic E-state index is 1.21. The summed E-state index contributed by atoms with van der Waals surface area (Å²) in [7, 11) is 0. The number of hydrogen-bond acceptors (Lipinski definition) is 0. The molecule has 0 aliphatic heterocycles. The van der Waals surface area contributed by atoms with Gasteiger partial charge in [0.2, 0.25) is 0 Å². The zero-order valence-corrected chi connectivity index (χ0v) is 28.6. The molecular weight excluding hydrogens is 625 g/mol. The molecule has 0 heteroatoms. The van der Waals surface area contributed by atoms with Gasteiger partial charge in [-0.15, -0.1) is 0 Å². The van der Waals surface area contributed by atoms with Crippen LogP contribution in [-0.4, -0.2) is 0 Å². The Morgan fingerprint density at radius 2 is 0.673 bits per heavy atom. The highest BCUT2D eigenvalue weighted by atomic mass is 14.2. The van der Waals surface area contributed by atoms with Gasteiger partial charge < -0.3 is 0 Å². The van der Waals surface area contributed by atoms with Gasteiger partial charge >= 0.3 is 0 Å². The maximum atomic E-state index is 2.39. The molecule has 10 aromatic rings. The van der Waals surface area contributed by atoms with Crippen LogP contribution in [0.5, 0.6) is 0 Å². The van der Waals surface area contributed by atoms with E-state index in [9.17, 15) is 0 Å². The highest BCUT2D eigenvalue weighted by molar-refractivity contribution is 6.23. The number of fused-ring (bicyclic) bond motifs is 4. The van der Waals surface area contributed by atoms with Gasteiger partial charge in [0, 0.05) is 0 Å². The summed E-state index contributed by atoms with van der Waals surface area (Å²) >= 11 is 0. The first-order valence-corrected chi connectivity index (χ1v) is 18.0. The largest absolute Gasteiger partial charge is 0.0622 e. The van der Waals surface area contributed by atoms with E-state index in [1.807, 2.05) is 0 Å². The fourth-order valence-electron chi connectivity index (χ4n) is 8.20. The lowest BCUT2D eigenvalue weighted by Crippen LogP contribution is -1.92. The Morgan fingerprint density at radius 3 is 1.35 bits per heavy atom. The van der Waals surface area contributed by atoms with Crippen LogP contribution in [0.1, 0.15) is 0 Å². The van der Waals surface area contributed by atoms with Crippen LogP contribution in [0.4, 0.5) is 0 Å². The number of rotatable bonds is 5. The van der Waals surface area contributed by atoms with E-state index in [1.54, 1.807) is 0 Å². The summed E-state index contributed by atoms with van der Waals surface area (Å²) in [5.74, 6) is 0. The van der Waals surface area contributed by atoms with E-state index in [0.29, 0.717) is 0 Å². The van der Waals surface area contributed by atoms with Gasteiger partial charge in [0.1, 0.15) is 0 Å². The Hall–Kier alpha value is -6.76. The number of hydrogen-bond donors (Lipinski definition) is 0. The normalized spacial score (nSPS) is 11.5. The Labute approximate surface area is 303 Å². The molecule has 0 nitrogen and oxygen atoms in total. The van der Waals surface area contributed by atoms with Gasteiger partial charge in [0.05, 0.1) is 0 Å². The van der Waals surface area contributed by atoms with Crippen molar-refractivity contribution in [2.24, 2.45) is 0 Å². The van der Waals surface area contributed by atoms with Crippen molar-refractivity contribution in [3.8, 4) is 55.6 Å². The molecule has 0 aliphatic carbocycles. The lowest BCUT2D eigenvalue weighted by Gasteiger charge is -2.19. The summed E-state index contributed by atoms with van der Waals surface area (Å²) in [5.41, 5.74) is 12.4. The van der Waals surface area contributed by atoms with E-state index in [0.717, 1.165) is 0 Å². The van der Waals surface area contributed by atoms with E-state index < -0.39 is 0 Å². The molecule has 0 saturated carbocycles. The quantitative estimate of drug-likeness (QED) is 0.161. The van der Waals surface area contributed by atoms with Crippen LogP contribution in [-0.2, 0) is 0 Å². The fourth-order valence-corrected chi connectivity index (χ4v) is 8.20. The summed E-state index contributed by atoms with van der Waals surface area (Å²) < 4.78 is 0. The molecule has 0 heterocycles. The van der Waals surface area contributed by atoms with Crippen molar-refractivity contribution in [1.29, 1.82) is 0 Å². The average molecular weight is 659 g/mol. The predicted molar refractivity (Wildman–Crippen MR) is 224 cm³/mol. The van der Waals surface area contributed by atoms with Crippen molar-refractivity contribution in [3.63, 3.8) is 0 Å². The summed E-state index contributed by atoms with van der Waals surface area (Å²) in [6.45, 7) is 0. The smallest absolute Gasteiger partial charge is 0.00201 e. The van der Waals surface area contributed by atoms with Crippen LogP contribution in [0.25, 0.3) is 98.7 Å². The third-order valence-corrected chi connectivity index (χ3v) is 10.6. The van der Waals surface area contributed by atoms with Gasteiger partial charge in [0.15, 0.2) is 0 Å². The van der Waals surface area contributed by atoms with Crippen molar-refractivity contribution < 1.29 is 0 Å². The predicted octanol–water partition coefficient (Wildman–Crippen LogP) is 14.6. The highest BCUT2D eigenvalue weighted by Crippen LogP contribution is 2.46. The molecule has 0 saturated heterocycles. The van der Waals surface area contributed by atoms with Crippen molar-refractivity contribution in [3.05, 3.63) is 206 Å². The monoisotopic (exact) mass is 658 g/mol. The van der Waals surface area contributed by atoms with Gasteiger partial charge in [-0.1, -0.05) is 188 Å². The maximum Gasteiger partial charge on any atom is -0.00201 e. The van der Waals surface area contributed by atoms with Gasteiger partial charge in [0.25, 0.3) is 0 Å². The molecule has 242 valence electrons. The second kappa shape index (κ2) is 12.5.